The van der Waals surface area contributed by atoms with E-state index in [-0.39, 0.29) is 24.4 Å². The van der Waals surface area contributed by atoms with Crippen LogP contribution in [0.1, 0.15) is 46.8 Å². The topological polar surface area (TPSA) is 91.3 Å². The highest BCUT2D eigenvalue weighted by atomic mass is 19.4. The number of hydrogen-bond acceptors (Lipinski definition) is 5. The Morgan fingerprint density at radius 3 is 2.41 bits per heavy atom. The summed E-state index contributed by atoms with van der Waals surface area (Å²) < 4.78 is 64.0. The first-order valence-electron chi connectivity index (χ1n) is 12.0. The summed E-state index contributed by atoms with van der Waals surface area (Å²) in [4.78, 5) is 27.4. The minimum Gasteiger partial charge on any atom is -0.364 e. The SMILES string of the molecule is N[C@@H](Cn1c(=O)c2c(n(Cc3c(F)cccc3C(F)(F)F)c1=O)COC21CCNCC1)c1ccccc1. The van der Waals surface area contributed by atoms with E-state index in [1.54, 1.807) is 30.3 Å². The van der Waals surface area contributed by atoms with Gasteiger partial charge in [0, 0.05) is 11.6 Å². The molecule has 2 aromatic carbocycles. The van der Waals surface area contributed by atoms with Crippen LogP contribution in [0.15, 0.2) is 58.1 Å². The molecule has 1 aromatic heterocycles. The van der Waals surface area contributed by atoms with Crippen LogP contribution in [0.25, 0.3) is 0 Å². The molecule has 1 saturated heterocycles. The molecule has 7 nitrogen and oxygen atoms in total. The zero-order chi connectivity index (χ0) is 26.4. The lowest BCUT2D eigenvalue weighted by molar-refractivity contribution is -0.138. The smallest absolute Gasteiger partial charge is 0.364 e. The fraction of sp³-hybridized carbons (Fsp3) is 0.385. The van der Waals surface area contributed by atoms with E-state index in [0.29, 0.717) is 31.5 Å². The van der Waals surface area contributed by atoms with E-state index in [9.17, 15) is 27.2 Å². The number of alkyl halides is 3. The van der Waals surface area contributed by atoms with Crippen molar-refractivity contribution >= 4 is 0 Å². The molecule has 0 unspecified atom stereocenters. The average Bonchev–Trinajstić information content (AvgIpc) is 3.23. The molecule has 0 saturated carbocycles. The van der Waals surface area contributed by atoms with Crippen LogP contribution >= 0.6 is 0 Å². The number of nitrogens with one attached hydrogen (secondary N) is 1. The molecule has 1 fully saturated rings. The van der Waals surface area contributed by atoms with Gasteiger partial charge in [0.05, 0.1) is 36.5 Å². The minimum absolute atomic E-state index is 0.138. The molecule has 2 aliphatic heterocycles. The number of hydrogen-bond donors (Lipinski definition) is 2. The van der Waals surface area contributed by atoms with Crippen LogP contribution in [-0.2, 0) is 36.2 Å². The summed E-state index contributed by atoms with van der Waals surface area (Å²) in [6, 6.07) is 10.8. The third kappa shape index (κ3) is 4.51. The number of nitrogens with two attached hydrogens (primary N) is 1. The zero-order valence-corrected chi connectivity index (χ0v) is 19.9. The van der Waals surface area contributed by atoms with Gasteiger partial charge in [0.15, 0.2) is 0 Å². The number of fused-ring (bicyclic) bond motifs is 2. The lowest BCUT2D eigenvalue weighted by Gasteiger charge is -2.33. The Morgan fingerprint density at radius 2 is 1.73 bits per heavy atom. The van der Waals surface area contributed by atoms with Gasteiger partial charge in [0.2, 0.25) is 0 Å². The molecule has 0 aliphatic carbocycles. The fourth-order valence-corrected chi connectivity index (χ4v) is 5.32. The van der Waals surface area contributed by atoms with Gasteiger partial charge in [-0.25, -0.2) is 9.18 Å². The summed E-state index contributed by atoms with van der Waals surface area (Å²) in [5.74, 6) is -1.09. The molecular formula is C26H26F4N4O3. The monoisotopic (exact) mass is 518 g/mol. The van der Waals surface area contributed by atoms with E-state index in [0.717, 1.165) is 27.3 Å². The average molecular weight is 519 g/mol. The Balaban J connectivity index is 1.70. The van der Waals surface area contributed by atoms with E-state index >= 15 is 0 Å². The third-order valence-electron chi connectivity index (χ3n) is 7.23. The number of nitrogens with zero attached hydrogens (tertiary/aromatic N) is 2. The predicted octanol–water partition coefficient (Wildman–Crippen LogP) is 3.03. The van der Waals surface area contributed by atoms with Gasteiger partial charge in [0.25, 0.3) is 5.56 Å². The van der Waals surface area contributed by atoms with Crippen LogP contribution < -0.4 is 22.3 Å². The molecule has 1 atom stereocenters. The van der Waals surface area contributed by atoms with Crippen LogP contribution in [0.2, 0.25) is 0 Å². The predicted molar refractivity (Wildman–Crippen MR) is 127 cm³/mol. The number of piperidine rings is 1. The first kappa shape index (κ1) is 25.4. The van der Waals surface area contributed by atoms with E-state index in [1.807, 2.05) is 0 Å². The second-order valence-corrected chi connectivity index (χ2v) is 9.42. The van der Waals surface area contributed by atoms with Gasteiger partial charge in [-0.2, -0.15) is 13.2 Å². The number of halogens is 4. The van der Waals surface area contributed by atoms with Crippen molar-refractivity contribution in [1.29, 1.82) is 0 Å². The highest BCUT2D eigenvalue weighted by Crippen LogP contribution is 2.41. The number of ether oxygens (including phenoxy) is 1. The van der Waals surface area contributed by atoms with Crippen molar-refractivity contribution in [1.82, 2.24) is 14.5 Å². The molecule has 5 rings (SSSR count). The standard InChI is InChI=1S/C26H26F4N4O3/c27-19-8-4-7-18(26(28,29)30)17(19)13-33-21-15-37-25(9-11-32-12-10-25)22(21)23(35)34(24(33)36)14-20(31)16-5-2-1-3-6-16/h1-8,20,32H,9-15,31H2/t20-/m0/s1. The van der Waals surface area contributed by atoms with E-state index in [4.69, 9.17) is 10.5 Å². The summed E-state index contributed by atoms with van der Waals surface area (Å²) in [6.45, 7) is 0.0786. The quantitative estimate of drug-likeness (QED) is 0.507. The summed E-state index contributed by atoms with van der Waals surface area (Å²) in [5, 5.41) is 3.20. The Kier molecular flexibility index (Phi) is 6.55. The first-order valence-corrected chi connectivity index (χ1v) is 12.0. The molecule has 1 spiro atoms. The highest BCUT2D eigenvalue weighted by Gasteiger charge is 2.46. The van der Waals surface area contributed by atoms with E-state index in [2.05, 4.69) is 5.32 Å². The maximum absolute atomic E-state index is 14.8. The van der Waals surface area contributed by atoms with Crippen LogP contribution in [0.4, 0.5) is 17.6 Å². The largest absolute Gasteiger partial charge is 0.416 e. The summed E-state index contributed by atoms with van der Waals surface area (Å²) in [5.41, 5.74) is 3.15. The van der Waals surface area contributed by atoms with Gasteiger partial charge in [0.1, 0.15) is 11.4 Å². The second-order valence-electron chi connectivity index (χ2n) is 9.42. The van der Waals surface area contributed by atoms with Crippen LogP contribution in [0, 0.1) is 5.82 Å². The second kappa shape index (κ2) is 9.55. The number of aromatic nitrogens is 2. The van der Waals surface area contributed by atoms with Crippen molar-refractivity contribution in [2.24, 2.45) is 5.73 Å². The Hall–Kier alpha value is -3.28. The molecule has 196 valence electrons. The summed E-state index contributed by atoms with van der Waals surface area (Å²) in [7, 11) is 0. The lowest BCUT2D eigenvalue weighted by atomic mass is 9.86. The maximum atomic E-state index is 14.8. The Morgan fingerprint density at radius 1 is 1.03 bits per heavy atom. The van der Waals surface area contributed by atoms with Gasteiger partial charge in [-0.15, -0.1) is 0 Å². The molecule has 2 aliphatic rings. The van der Waals surface area contributed by atoms with Crippen LogP contribution in [0.3, 0.4) is 0 Å². The van der Waals surface area contributed by atoms with Crippen molar-refractivity contribution in [3.63, 3.8) is 0 Å². The Labute approximate surface area is 209 Å². The number of rotatable bonds is 5. The first-order chi connectivity index (χ1) is 17.6. The third-order valence-corrected chi connectivity index (χ3v) is 7.23. The molecule has 11 heteroatoms. The Bertz CT molecular complexity index is 1430. The van der Waals surface area contributed by atoms with Gasteiger partial charge in [-0.3, -0.25) is 13.9 Å². The zero-order valence-electron chi connectivity index (χ0n) is 19.9. The molecule has 0 amide bonds. The fourth-order valence-electron chi connectivity index (χ4n) is 5.32. The molecule has 0 radical (unpaired) electrons. The molecule has 37 heavy (non-hydrogen) atoms. The normalized spacial score (nSPS) is 17.6. The van der Waals surface area contributed by atoms with Gasteiger partial charge in [-0.1, -0.05) is 36.4 Å². The molecule has 3 aromatic rings. The van der Waals surface area contributed by atoms with Gasteiger partial charge in [-0.05, 0) is 43.6 Å². The summed E-state index contributed by atoms with van der Waals surface area (Å²) >= 11 is 0. The molecule has 3 N–H and O–H groups in total. The van der Waals surface area contributed by atoms with Crippen molar-refractivity contribution in [2.45, 2.75) is 50.4 Å². The van der Waals surface area contributed by atoms with Gasteiger partial charge < -0.3 is 15.8 Å². The van der Waals surface area contributed by atoms with E-state index < -0.39 is 52.6 Å². The maximum Gasteiger partial charge on any atom is 0.416 e. The van der Waals surface area contributed by atoms with Crippen LogP contribution in [-0.4, -0.2) is 22.2 Å². The minimum atomic E-state index is -4.83. The van der Waals surface area contributed by atoms with Crippen LogP contribution in [0.5, 0.6) is 0 Å². The highest BCUT2D eigenvalue weighted by molar-refractivity contribution is 5.35. The van der Waals surface area contributed by atoms with E-state index in [1.165, 1.54) is 0 Å². The summed E-state index contributed by atoms with van der Waals surface area (Å²) in [6.07, 6.45) is -3.93. The molecule has 0 bridgehead atoms. The van der Waals surface area contributed by atoms with Crippen molar-refractivity contribution in [3.05, 3.63) is 103 Å². The number of benzene rings is 2. The molecule has 3 heterocycles. The lowest BCUT2D eigenvalue weighted by Crippen LogP contribution is -2.49. The van der Waals surface area contributed by atoms with Gasteiger partial charge >= 0.3 is 11.9 Å². The van der Waals surface area contributed by atoms with Crippen molar-refractivity contribution in [2.75, 3.05) is 13.1 Å². The van der Waals surface area contributed by atoms with Crippen molar-refractivity contribution < 1.29 is 22.3 Å². The van der Waals surface area contributed by atoms with Crippen molar-refractivity contribution in [3.8, 4) is 0 Å². The molecular weight excluding hydrogens is 492 g/mol.